The van der Waals surface area contributed by atoms with Crippen LogP contribution in [0.2, 0.25) is 5.28 Å². The number of alkyl carbamates (subject to hydrolysis) is 1. The number of ether oxygens (including phenoxy) is 1. The second kappa shape index (κ2) is 8.04. The quantitative estimate of drug-likeness (QED) is 0.613. The van der Waals surface area contributed by atoms with Crippen molar-refractivity contribution in [3.05, 3.63) is 23.7 Å². The number of amides is 1. The third kappa shape index (κ3) is 5.54. The number of carbonyl (C=O) groups excluding carboxylic acids is 1. The maximum atomic E-state index is 11.8. The molecule has 1 amide bonds. The molecule has 0 aliphatic carbocycles. The summed E-state index contributed by atoms with van der Waals surface area (Å²) in [6, 6.07) is 1.79. The molecule has 0 radical (unpaired) electrons. The number of rotatable bonds is 3. The predicted molar refractivity (Wildman–Crippen MR) is 87.7 cm³/mol. The normalized spacial score (nSPS) is 11.6. The van der Waals surface area contributed by atoms with E-state index < -0.39 is 17.2 Å². The summed E-state index contributed by atoms with van der Waals surface area (Å²) >= 11 is 8.67. The first-order valence-corrected chi connectivity index (χ1v) is 8.04. The molecule has 0 unspecified atom stereocenters. The van der Waals surface area contributed by atoms with E-state index in [0.717, 1.165) is 5.39 Å². The Hall–Kier alpha value is -1.51. The zero-order valence-electron chi connectivity index (χ0n) is 14.2. The second-order valence-electron chi connectivity index (χ2n) is 6.69. The van der Waals surface area contributed by atoms with E-state index >= 15 is 0 Å². The second-order valence-corrected chi connectivity index (χ2v) is 7.03. The van der Waals surface area contributed by atoms with Gasteiger partial charge in [-0.2, -0.15) is 6.07 Å². The molecule has 0 saturated heterocycles. The summed E-state index contributed by atoms with van der Waals surface area (Å²) in [7, 11) is 0. The Morgan fingerprint density at radius 3 is 2.62 bits per heavy atom. The third-order valence-electron chi connectivity index (χ3n) is 3.00. The summed E-state index contributed by atoms with van der Waals surface area (Å²) in [5.41, 5.74) is -0.298. The van der Waals surface area contributed by atoms with E-state index in [-0.39, 0.29) is 5.28 Å². The first-order chi connectivity index (χ1) is 11.1. The van der Waals surface area contributed by atoms with Gasteiger partial charge in [-0.25, -0.2) is 9.78 Å². The van der Waals surface area contributed by atoms with Crippen LogP contribution in [-0.4, -0.2) is 32.8 Å². The van der Waals surface area contributed by atoms with Gasteiger partial charge in [0.05, 0.1) is 0 Å². The number of aromatic nitrogens is 3. The molecule has 2 aromatic rings. The van der Waals surface area contributed by atoms with Gasteiger partial charge in [0.25, 0.3) is 0 Å². The summed E-state index contributed by atoms with van der Waals surface area (Å²) in [6.45, 7) is 9.77. The number of nitrogens with one attached hydrogen (secondary N) is 2. The minimum atomic E-state index is -0.527. The molecule has 2 N–H and O–H groups in total. The van der Waals surface area contributed by atoms with E-state index in [4.69, 9.17) is 20.8 Å². The van der Waals surface area contributed by atoms with Crippen LogP contribution >= 0.6 is 11.6 Å². The van der Waals surface area contributed by atoms with E-state index in [1.165, 1.54) is 0 Å². The van der Waals surface area contributed by atoms with Gasteiger partial charge in [0.1, 0.15) is 5.60 Å². The number of fused-ring (bicyclic) bond motifs is 1. The van der Waals surface area contributed by atoms with Gasteiger partial charge < -0.3 is 14.6 Å². The molecular weight excluding hydrogens is 377 g/mol. The van der Waals surface area contributed by atoms with Crippen molar-refractivity contribution in [2.45, 2.75) is 45.8 Å². The number of carbonyl (C=O) groups is 1. The Labute approximate surface area is 154 Å². The molecule has 2 aromatic heterocycles. The van der Waals surface area contributed by atoms with Gasteiger partial charge >= 0.3 is 26.0 Å². The molecule has 0 bridgehead atoms. The van der Waals surface area contributed by atoms with Crippen LogP contribution in [0.3, 0.4) is 0 Å². The maximum absolute atomic E-state index is 11.8. The molecule has 2 rings (SSSR count). The summed E-state index contributed by atoms with van der Waals surface area (Å²) in [5, 5.41) is 3.79. The molecule has 0 aromatic carbocycles. The van der Waals surface area contributed by atoms with E-state index in [0.29, 0.717) is 12.2 Å². The van der Waals surface area contributed by atoms with Crippen LogP contribution in [0.15, 0.2) is 12.3 Å². The van der Waals surface area contributed by atoms with E-state index in [9.17, 15) is 4.79 Å². The van der Waals surface area contributed by atoms with Crippen molar-refractivity contribution in [2.75, 3.05) is 6.54 Å². The molecule has 2 heterocycles. The molecule has 9 heteroatoms. The van der Waals surface area contributed by atoms with Gasteiger partial charge in [0.2, 0.25) is 5.28 Å². The van der Waals surface area contributed by atoms with E-state index in [1.54, 1.807) is 12.3 Å². The third-order valence-corrected chi connectivity index (χ3v) is 3.18. The van der Waals surface area contributed by atoms with Crippen LogP contribution in [-0.2, 0) is 25.8 Å². The fraction of sp³-hybridized carbons (Fsp3) is 0.533. The first kappa shape index (κ1) is 20.5. The van der Waals surface area contributed by atoms with Gasteiger partial charge in [-0.05, 0) is 58.1 Å². The molecule has 135 valence electrons. The van der Waals surface area contributed by atoms with Crippen LogP contribution in [0.4, 0.5) is 4.79 Å². The van der Waals surface area contributed by atoms with Gasteiger partial charge in [-0.15, -0.1) is 11.6 Å². The average molecular weight is 398 g/mol. The van der Waals surface area contributed by atoms with Crippen LogP contribution in [0.25, 0.3) is 11.0 Å². The van der Waals surface area contributed by atoms with Crippen molar-refractivity contribution >= 4 is 28.7 Å². The zero-order chi connectivity index (χ0) is 18.5. The molecule has 0 saturated carbocycles. The molecule has 0 spiro atoms. The van der Waals surface area contributed by atoms with E-state index in [1.807, 2.05) is 39.2 Å². The Morgan fingerprint density at radius 2 is 2.04 bits per heavy atom. The number of hydrogen-bond acceptors (Lipinski definition) is 5. The van der Waals surface area contributed by atoms with Gasteiger partial charge in [-0.3, -0.25) is 4.98 Å². The Kier molecular flexibility index (Phi) is 6.88. The molecule has 0 aliphatic heterocycles. The summed E-state index contributed by atoms with van der Waals surface area (Å²) in [6.07, 6.45) is 4.31. The van der Waals surface area contributed by atoms with Crippen LogP contribution in [0.1, 0.15) is 34.6 Å². The van der Waals surface area contributed by atoms with Crippen molar-refractivity contribution in [3.8, 4) is 0 Å². The zero-order valence-corrected chi connectivity index (χ0v) is 16.0. The van der Waals surface area contributed by atoms with E-state index in [2.05, 4.69) is 37.0 Å². The molecule has 0 atom stereocenters. The topological polar surface area (TPSA) is 92.9 Å². The fourth-order valence-corrected chi connectivity index (χ4v) is 2.11. The summed E-state index contributed by atoms with van der Waals surface area (Å²) in [4.78, 5) is 20.0. The average Bonchev–Trinajstić information content (AvgIpc) is 2.89. The Balaban J connectivity index is 0.00000139. The van der Waals surface area contributed by atoms with Crippen molar-refractivity contribution in [1.82, 2.24) is 19.9 Å². The number of hydrogen-bond donors (Lipinski definition) is 2. The first-order valence-electron chi connectivity index (χ1n) is 7.14. The van der Waals surface area contributed by atoms with Crippen molar-refractivity contribution < 1.29 is 25.1 Å². The number of halogens is 1. The minimum absolute atomic E-state index is 0.178. The van der Waals surface area contributed by atoms with Gasteiger partial charge in [0.15, 0.2) is 0 Å². The Bertz CT molecular complexity index is 711. The Morgan fingerprint density at radius 1 is 1.42 bits per heavy atom. The molecule has 0 fully saturated rings. The fourth-order valence-electron chi connectivity index (χ4n) is 1.98. The van der Waals surface area contributed by atoms with Crippen molar-refractivity contribution in [2.24, 2.45) is 0 Å². The molecular formula is C15H21ClCoN5O2-. The summed E-state index contributed by atoms with van der Waals surface area (Å²) in [5.74, 6) is 0. The monoisotopic (exact) mass is 397 g/mol. The van der Waals surface area contributed by atoms with Crippen molar-refractivity contribution in [3.63, 3.8) is 0 Å². The molecule has 7 nitrogen and oxygen atoms in total. The van der Waals surface area contributed by atoms with Gasteiger partial charge in [0, 0.05) is 12.1 Å². The van der Waals surface area contributed by atoms with Crippen LogP contribution in [0, 0.1) is 10.6 Å². The van der Waals surface area contributed by atoms with Crippen LogP contribution < -0.4 is 5.32 Å². The van der Waals surface area contributed by atoms with Crippen LogP contribution in [0.5, 0.6) is 0 Å². The SMILES string of the molecule is CC(C)(C)OC(=O)NCC(C)(C)n1[c-]cc2cnc(Cl)nc21.[NH]=[Co]. The molecule has 24 heavy (non-hydrogen) atoms. The number of nitrogens with zero attached hydrogens (tertiary/aromatic N) is 3. The standard InChI is InChI=1S/C15H20ClN4O2.Co.HN/c1-14(2,3)22-13(21)18-9-15(4,5)20-7-6-10-8-17-12(16)19-11(10)20;;/h6,8H,9H2,1-5H3,(H,18,21);;1H/q-1;;. The van der Waals surface area contributed by atoms with Crippen molar-refractivity contribution in [1.29, 1.82) is 4.41 Å². The summed E-state index contributed by atoms with van der Waals surface area (Å²) < 4.78 is 12.5. The predicted octanol–water partition coefficient (Wildman–Crippen LogP) is 3.44. The van der Waals surface area contributed by atoms with Gasteiger partial charge in [-0.1, -0.05) is 0 Å². The molecule has 0 aliphatic rings.